The van der Waals surface area contributed by atoms with Gasteiger partial charge in [-0.3, -0.25) is 9.59 Å². The number of hydrogen-bond donors (Lipinski definition) is 1. The number of ether oxygens (including phenoxy) is 1. The molecule has 1 atom stereocenters. The fourth-order valence-corrected chi connectivity index (χ4v) is 2.13. The van der Waals surface area contributed by atoms with Gasteiger partial charge >= 0.3 is 5.97 Å². The van der Waals surface area contributed by atoms with Crippen molar-refractivity contribution in [3.05, 3.63) is 23.8 Å². The third-order valence-corrected chi connectivity index (χ3v) is 3.08. The summed E-state index contributed by atoms with van der Waals surface area (Å²) in [6, 6.07) is 5.09. The molecular formula is C13H15NO4. The summed E-state index contributed by atoms with van der Waals surface area (Å²) in [5.74, 6) is -0.973. The van der Waals surface area contributed by atoms with E-state index in [1.165, 1.54) is 12.0 Å². The lowest BCUT2D eigenvalue weighted by Gasteiger charge is -2.17. The van der Waals surface area contributed by atoms with Crippen molar-refractivity contribution in [2.24, 2.45) is 5.92 Å². The number of aromatic hydroxyl groups is 1. The van der Waals surface area contributed by atoms with Crippen molar-refractivity contribution in [3.8, 4) is 5.75 Å². The Labute approximate surface area is 105 Å². The highest BCUT2D eigenvalue weighted by molar-refractivity contribution is 6.00. The van der Waals surface area contributed by atoms with Crippen molar-refractivity contribution in [2.75, 3.05) is 18.6 Å². The normalized spacial score (nSPS) is 19.1. The molecular weight excluding hydrogens is 234 g/mol. The van der Waals surface area contributed by atoms with E-state index in [-0.39, 0.29) is 24.6 Å². The Bertz CT molecular complexity index is 498. The molecule has 5 nitrogen and oxygen atoms in total. The summed E-state index contributed by atoms with van der Waals surface area (Å²) in [7, 11) is 1.30. The Morgan fingerprint density at radius 1 is 1.50 bits per heavy atom. The SMILES string of the molecule is COC(=O)C1CC(=O)N(c2ccc(C)cc2O)C1. The Morgan fingerprint density at radius 3 is 2.83 bits per heavy atom. The number of phenols is 1. The third-order valence-electron chi connectivity index (χ3n) is 3.08. The van der Waals surface area contributed by atoms with E-state index < -0.39 is 11.9 Å². The smallest absolute Gasteiger partial charge is 0.311 e. The van der Waals surface area contributed by atoms with Crippen LogP contribution >= 0.6 is 0 Å². The van der Waals surface area contributed by atoms with Gasteiger partial charge in [0, 0.05) is 13.0 Å². The van der Waals surface area contributed by atoms with E-state index in [0.29, 0.717) is 5.69 Å². The molecule has 5 heteroatoms. The van der Waals surface area contributed by atoms with Gasteiger partial charge in [0.25, 0.3) is 0 Å². The molecule has 1 unspecified atom stereocenters. The van der Waals surface area contributed by atoms with Gasteiger partial charge in [-0.1, -0.05) is 6.07 Å². The van der Waals surface area contributed by atoms with Gasteiger partial charge in [0.1, 0.15) is 5.75 Å². The second kappa shape index (κ2) is 4.68. The zero-order chi connectivity index (χ0) is 13.3. The molecule has 1 amide bonds. The van der Waals surface area contributed by atoms with Gasteiger partial charge < -0.3 is 14.7 Å². The fourth-order valence-electron chi connectivity index (χ4n) is 2.13. The van der Waals surface area contributed by atoms with Gasteiger partial charge in [0.15, 0.2) is 0 Å². The number of esters is 1. The monoisotopic (exact) mass is 249 g/mol. The lowest BCUT2D eigenvalue weighted by molar-refractivity contribution is -0.145. The van der Waals surface area contributed by atoms with Crippen molar-refractivity contribution in [3.63, 3.8) is 0 Å². The first-order chi connectivity index (χ1) is 8.52. The molecule has 1 heterocycles. The second-order valence-electron chi connectivity index (χ2n) is 4.42. The number of hydrogen-bond acceptors (Lipinski definition) is 4. The number of phenolic OH excluding ortho intramolecular Hbond substituents is 1. The van der Waals surface area contributed by atoms with E-state index in [2.05, 4.69) is 4.74 Å². The van der Waals surface area contributed by atoms with Gasteiger partial charge in [-0.15, -0.1) is 0 Å². The molecule has 96 valence electrons. The Balaban J connectivity index is 2.24. The molecule has 1 aromatic carbocycles. The first-order valence-electron chi connectivity index (χ1n) is 5.70. The molecule has 0 spiro atoms. The summed E-state index contributed by atoms with van der Waals surface area (Å²) in [4.78, 5) is 24.7. The minimum absolute atomic E-state index is 0.0499. The number of carbonyl (C=O) groups excluding carboxylic acids is 2. The highest BCUT2D eigenvalue weighted by Crippen LogP contribution is 2.33. The number of nitrogens with zero attached hydrogens (tertiary/aromatic N) is 1. The van der Waals surface area contributed by atoms with Crippen LogP contribution in [0.2, 0.25) is 0 Å². The maximum atomic E-state index is 11.8. The van der Waals surface area contributed by atoms with Gasteiger partial charge in [-0.2, -0.15) is 0 Å². The molecule has 18 heavy (non-hydrogen) atoms. The van der Waals surface area contributed by atoms with Crippen molar-refractivity contribution >= 4 is 17.6 Å². The number of rotatable bonds is 2. The largest absolute Gasteiger partial charge is 0.506 e. The molecule has 2 rings (SSSR count). The molecule has 0 aliphatic carbocycles. The summed E-state index contributed by atoms with van der Waals surface area (Å²) in [6.45, 7) is 2.11. The first kappa shape index (κ1) is 12.4. The standard InChI is InChI=1S/C13H15NO4/c1-8-3-4-10(11(15)5-8)14-7-9(6-12(14)16)13(17)18-2/h3-5,9,15H,6-7H2,1-2H3. The van der Waals surface area contributed by atoms with Crippen LogP contribution in [0.5, 0.6) is 5.75 Å². The van der Waals surface area contributed by atoms with Crippen LogP contribution < -0.4 is 4.90 Å². The van der Waals surface area contributed by atoms with Crippen LogP contribution in [0, 0.1) is 12.8 Å². The topological polar surface area (TPSA) is 66.8 Å². The van der Waals surface area contributed by atoms with E-state index in [0.717, 1.165) is 5.56 Å². The van der Waals surface area contributed by atoms with E-state index in [1.54, 1.807) is 12.1 Å². The zero-order valence-electron chi connectivity index (χ0n) is 10.3. The van der Waals surface area contributed by atoms with Gasteiger partial charge in [-0.25, -0.2) is 0 Å². The molecule has 1 aromatic rings. The maximum absolute atomic E-state index is 11.8. The number of anilines is 1. The molecule has 1 fully saturated rings. The van der Waals surface area contributed by atoms with Crippen molar-refractivity contribution in [1.29, 1.82) is 0 Å². The average molecular weight is 249 g/mol. The summed E-state index contributed by atoms with van der Waals surface area (Å²) in [6.07, 6.45) is 0.125. The van der Waals surface area contributed by atoms with E-state index in [1.807, 2.05) is 13.0 Å². The van der Waals surface area contributed by atoms with Crippen LogP contribution in [0.15, 0.2) is 18.2 Å². The molecule has 0 aromatic heterocycles. The van der Waals surface area contributed by atoms with Gasteiger partial charge in [-0.05, 0) is 24.6 Å². The van der Waals surface area contributed by atoms with Gasteiger partial charge in [0.2, 0.25) is 5.91 Å². The van der Waals surface area contributed by atoms with E-state index >= 15 is 0 Å². The molecule has 0 saturated carbocycles. The third kappa shape index (κ3) is 2.16. The number of methoxy groups -OCH3 is 1. The summed E-state index contributed by atoms with van der Waals surface area (Å²) in [5, 5.41) is 9.84. The van der Waals surface area contributed by atoms with Crippen LogP contribution in [0.1, 0.15) is 12.0 Å². The number of aryl methyl sites for hydroxylation is 1. The highest BCUT2D eigenvalue weighted by atomic mass is 16.5. The van der Waals surface area contributed by atoms with Crippen LogP contribution in [0.3, 0.4) is 0 Å². The predicted molar refractivity (Wildman–Crippen MR) is 65.3 cm³/mol. The minimum Gasteiger partial charge on any atom is -0.506 e. The van der Waals surface area contributed by atoms with E-state index in [4.69, 9.17) is 0 Å². The predicted octanol–water partition coefficient (Wildman–Crippen LogP) is 1.23. The molecule has 1 aliphatic rings. The Morgan fingerprint density at radius 2 is 2.22 bits per heavy atom. The fraction of sp³-hybridized carbons (Fsp3) is 0.385. The maximum Gasteiger partial charge on any atom is 0.311 e. The van der Waals surface area contributed by atoms with Crippen molar-refractivity contribution in [1.82, 2.24) is 0 Å². The molecule has 1 N–H and O–H groups in total. The minimum atomic E-state index is -0.455. The Kier molecular flexibility index (Phi) is 3.23. The lowest BCUT2D eigenvalue weighted by Crippen LogP contribution is -2.26. The second-order valence-corrected chi connectivity index (χ2v) is 4.42. The quantitative estimate of drug-likeness (QED) is 0.800. The zero-order valence-corrected chi connectivity index (χ0v) is 10.3. The summed E-state index contributed by atoms with van der Waals surface area (Å²) >= 11 is 0. The lowest BCUT2D eigenvalue weighted by atomic mass is 10.1. The highest BCUT2D eigenvalue weighted by Gasteiger charge is 2.36. The van der Waals surface area contributed by atoms with Crippen molar-refractivity contribution in [2.45, 2.75) is 13.3 Å². The molecule has 1 saturated heterocycles. The number of carbonyl (C=O) groups is 2. The van der Waals surface area contributed by atoms with Crippen LogP contribution in [0.25, 0.3) is 0 Å². The average Bonchev–Trinajstić information content (AvgIpc) is 2.70. The summed E-state index contributed by atoms with van der Waals surface area (Å²) < 4.78 is 4.64. The van der Waals surface area contributed by atoms with Crippen LogP contribution in [0.4, 0.5) is 5.69 Å². The van der Waals surface area contributed by atoms with Crippen LogP contribution in [-0.2, 0) is 14.3 Å². The summed E-state index contributed by atoms with van der Waals surface area (Å²) in [5.41, 5.74) is 1.35. The number of amides is 1. The molecule has 1 aliphatic heterocycles. The molecule has 0 bridgehead atoms. The van der Waals surface area contributed by atoms with Gasteiger partial charge in [0.05, 0.1) is 18.7 Å². The number of benzene rings is 1. The Hall–Kier alpha value is -2.04. The van der Waals surface area contributed by atoms with Crippen LogP contribution in [-0.4, -0.2) is 30.6 Å². The van der Waals surface area contributed by atoms with Crippen molar-refractivity contribution < 1.29 is 19.4 Å². The molecule has 0 radical (unpaired) electrons. The first-order valence-corrected chi connectivity index (χ1v) is 5.70. The van der Waals surface area contributed by atoms with E-state index in [9.17, 15) is 14.7 Å².